The van der Waals surface area contributed by atoms with E-state index in [0.717, 1.165) is 30.9 Å². The number of likely N-dealkylation sites (N-methyl/N-ethyl adjacent to an activating group) is 1. The second-order valence-electron chi connectivity index (χ2n) is 7.37. The summed E-state index contributed by atoms with van der Waals surface area (Å²) >= 11 is 0. The van der Waals surface area contributed by atoms with Crippen LogP contribution in [0.5, 0.6) is 0 Å². The minimum atomic E-state index is 0.512. The Labute approximate surface area is 138 Å². The summed E-state index contributed by atoms with van der Waals surface area (Å²) in [5.74, 6) is 0.730. The van der Waals surface area contributed by atoms with Crippen molar-refractivity contribution < 1.29 is 0 Å². The Morgan fingerprint density at radius 3 is 2.91 bits per heavy atom. The zero-order chi connectivity index (χ0) is 15.8. The van der Waals surface area contributed by atoms with E-state index in [1.807, 2.05) is 0 Å². The average molecular weight is 310 g/mol. The van der Waals surface area contributed by atoms with Gasteiger partial charge in [-0.3, -0.25) is 9.67 Å². The maximum absolute atomic E-state index is 4.82. The first-order chi connectivity index (χ1) is 11.2. The minimum Gasteiger partial charge on any atom is -0.304 e. The van der Waals surface area contributed by atoms with Crippen LogP contribution in [0.1, 0.15) is 44.2 Å². The topological polar surface area (TPSA) is 33.4 Å². The third kappa shape index (κ3) is 3.05. The predicted octanol–water partition coefficient (Wildman–Crippen LogP) is 3.52. The number of likely N-dealkylation sites (tertiary alicyclic amines) is 1. The van der Waals surface area contributed by atoms with E-state index in [2.05, 4.69) is 47.9 Å². The monoisotopic (exact) mass is 310 g/mol. The van der Waals surface area contributed by atoms with Crippen LogP contribution < -0.4 is 0 Å². The van der Waals surface area contributed by atoms with E-state index in [1.165, 1.54) is 42.5 Å². The summed E-state index contributed by atoms with van der Waals surface area (Å²) in [7, 11) is 2.20. The van der Waals surface area contributed by atoms with E-state index in [9.17, 15) is 0 Å². The van der Waals surface area contributed by atoms with Crippen LogP contribution in [0.3, 0.4) is 0 Å². The van der Waals surface area contributed by atoms with Gasteiger partial charge in [0.2, 0.25) is 0 Å². The van der Waals surface area contributed by atoms with E-state index in [1.54, 1.807) is 0 Å². The first kappa shape index (κ1) is 14.9. The lowest BCUT2D eigenvalue weighted by atomic mass is 9.95. The highest BCUT2D eigenvalue weighted by atomic mass is 15.3. The molecule has 23 heavy (non-hydrogen) atoms. The number of aromatic nitrogens is 2. The van der Waals surface area contributed by atoms with Crippen molar-refractivity contribution in [3.05, 3.63) is 30.0 Å². The molecule has 122 valence electrons. The van der Waals surface area contributed by atoms with Crippen LogP contribution in [0.15, 0.2) is 29.4 Å². The number of benzene rings is 1. The molecule has 4 rings (SSSR count). The Morgan fingerprint density at radius 1 is 1.22 bits per heavy atom. The zero-order valence-electron chi connectivity index (χ0n) is 14.2. The summed E-state index contributed by atoms with van der Waals surface area (Å²) in [6.45, 7) is 5.57. The molecule has 0 bridgehead atoms. The molecule has 1 aromatic carbocycles. The molecule has 1 aromatic heterocycles. The molecule has 2 aliphatic heterocycles. The molecular weight excluding hydrogens is 284 g/mol. The Hall–Kier alpha value is -1.68. The molecule has 0 N–H and O–H groups in total. The maximum atomic E-state index is 4.82. The summed E-state index contributed by atoms with van der Waals surface area (Å²) in [4.78, 5) is 7.18. The Kier molecular flexibility index (Phi) is 3.93. The van der Waals surface area contributed by atoms with Crippen LogP contribution in [0.4, 0.5) is 0 Å². The molecular formula is C19H26N4. The van der Waals surface area contributed by atoms with Gasteiger partial charge in [0, 0.05) is 30.4 Å². The summed E-state index contributed by atoms with van der Waals surface area (Å²) in [5, 5.41) is 6.07. The number of aliphatic imine (C=N–C) groups is 1. The van der Waals surface area contributed by atoms with Crippen molar-refractivity contribution in [2.24, 2.45) is 10.9 Å². The molecule has 0 spiro atoms. The maximum Gasteiger partial charge on any atom is 0.0923 e. The van der Waals surface area contributed by atoms with Gasteiger partial charge in [-0.15, -0.1) is 0 Å². The van der Waals surface area contributed by atoms with Gasteiger partial charge in [-0.05, 0) is 62.9 Å². The zero-order valence-corrected chi connectivity index (χ0v) is 14.2. The first-order valence-corrected chi connectivity index (χ1v) is 8.90. The smallest absolute Gasteiger partial charge is 0.0923 e. The number of hydrogen-bond donors (Lipinski definition) is 0. The highest BCUT2D eigenvalue weighted by Gasteiger charge is 2.20. The highest BCUT2D eigenvalue weighted by Crippen LogP contribution is 2.25. The number of hydrogen-bond acceptors (Lipinski definition) is 3. The van der Waals surface area contributed by atoms with E-state index in [4.69, 9.17) is 10.1 Å². The highest BCUT2D eigenvalue weighted by molar-refractivity contribution is 6.03. The third-order valence-corrected chi connectivity index (χ3v) is 5.30. The Morgan fingerprint density at radius 2 is 2.13 bits per heavy atom. The second-order valence-corrected chi connectivity index (χ2v) is 7.37. The van der Waals surface area contributed by atoms with E-state index >= 15 is 0 Å². The summed E-state index contributed by atoms with van der Waals surface area (Å²) < 4.78 is 2.19. The van der Waals surface area contributed by atoms with Gasteiger partial charge >= 0.3 is 0 Å². The molecule has 1 fully saturated rings. The van der Waals surface area contributed by atoms with Gasteiger partial charge < -0.3 is 4.90 Å². The number of nitrogens with zero attached hydrogens (tertiary/aromatic N) is 4. The van der Waals surface area contributed by atoms with Gasteiger partial charge in [-0.25, -0.2) is 0 Å². The van der Waals surface area contributed by atoms with Crippen molar-refractivity contribution in [3.63, 3.8) is 0 Å². The van der Waals surface area contributed by atoms with Crippen molar-refractivity contribution in [3.8, 4) is 0 Å². The summed E-state index contributed by atoms with van der Waals surface area (Å²) in [6.07, 6.45) is 7.08. The van der Waals surface area contributed by atoms with Crippen LogP contribution in [-0.4, -0.2) is 47.1 Å². The summed E-state index contributed by atoms with van der Waals surface area (Å²) in [5.41, 5.74) is 3.66. The molecule has 0 saturated carbocycles. The number of piperidine rings is 1. The van der Waals surface area contributed by atoms with E-state index < -0.39 is 0 Å². The summed E-state index contributed by atoms with van der Waals surface area (Å²) in [6, 6.07) is 7.15. The van der Waals surface area contributed by atoms with Crippen LogP contribution in [-0.2, 0) is 0 Å². The van der Waals surface area contributed by atoms with Crippen LogP contribution in [0, 0.1) is 5.92 Å². The largest absolute Gasteiger partial charge is 0.304 e. The van der Waals surface area contributed by atoms with Crippen molar-refractivity contribution >= 4 is 16.6 Å². The van der Waals surface area contributed by atoms with Crippen LogP contribution in [0.2, 0.25) is 0 Å². The molecule has 2 atom stereocenters. The van der Waals surface area contributed by atoms with Gasteiger partial charge in [0.15, 0.2) is 0 Å². The van der Waals surface area contributed by atoms with Gasteiger partial charge in [0.25, 0.3) is 0 Å². The number of fused-ring (bicyclic) bond motifs is 1. The van der Waals surface area contributed by atoms with Crippen molar-refractivity contribution in [2.75, 3.05) is 26.7 Å². The fraction of sp³-hybridized carbons (Fsp3) is 0.579. The molecule has 4 nitrogen and oxygen atoms in total. The Bertz CT molecular complexity index is 730. The molecule has 0 aliphatic carbocycles. The molecule has 1 saturated heterocycles. The van der Waals surface area contributed by atoms with E-state index in [0.29, 0.717) is 6.04 Å². The minimum absolute atomic E-state index is 0.512. The van der Waals surface area contributed by atoms with Crippen LogP contribution in [0.25, 0.3) is 10.9 Å². The fourth-order valence-corrected chi connectivity index (χ4v) is 3.82. The lowest BCUT2D eigenvalue weighted by Crippen LogP contribution is -2.33. The van der Waals surface area contributed by atoms with Gasteiger partial charge in [-0.1, -0.05) is 13.0 Å². The van der Waals surface area contributed by atoms with Crippen molar-refractivity contribution in [1.82, 2.24) is 14.7 Å². The molecule has 0 radical (unpaired) electrons. The van der Waals surface area contributed by atoms with Crippen molar-refractivity contribution in [2.45, 2.75) is 38.6 Å². The lowest BCUT2D eigenvalue weighted by molar-refractivity contribution is 0.203. The Balaban J connectivity index is 1.62. The molecule has 3 heterocycles. The molecule has 4 heteroatoms. The fourth-order valence-electron chi connectivity index (χ4n) is 3.82. The van der Waals surface area contributed by atoms with Gasteiger partial charge in [-0.2, -0.15) is 5.10 Å². The third-order valence-electron chi connectivity index (χ3n) is 5.30. The quantitative estimate of drug-likeness (QED) is 0.850. The SMILES string of the molecule is CC1CCC(c2ccc3nn(C4CCCN(C)C4)cc3c2)=NC1. The lowest BCUT2D eigenvalue weighted by Gasteiger charge is -2.29. The van der Waals surface area contributed by atoms with Gasteiger partial charge in [0.05, 0.1) is 11.6 Å². The van der Waals surface area contributed by atoms with Crippen LogP contribution >= 0.6 is 0 Å². The molecule has 0 amide bonds. The second kappa shape index (κ2) is 6.08. The molecule has 2 aliphatic rings. The predicted molar refractivity (Wildman–Crippen MR) is 95.3 cm³/mol. The van der Waals surface area contributed by atoms with Gasteiger partial charge in [0.1, 0.15) is 0 Å². The average Bonchev–Trinajstić information content (AvgIpc) is 2.99. The van der Waals surface area contributed by atoms with Crippen molar-refractivity contribution in [1.29, 1.82) is 0 Å². The normalized spacial score (nSPS) is 26.4. The molecule has 2 unspecified atom stereocenters. The molecule has 2 aromatic rings. The number of rotatable bonds is 2. The first-order valence-electron chi connectivity index (χ1n) is 8.90. The standard InChI is InChI=1S/C19H26N4/c1-14-5-7-18(20-11-14)15-6-8-19-16(10-15)12-23(21-19)17-4-3-9-22(2)13-17/h6,8,10,12,14,17H,3-5,7,9,11,13H2,1-2H3. The van der Waals surface area contributed by atoms with E-state index in [-0.39, 0.29) is 0 Å².